The summed E-state index contributed by atoms with van der Waals surface area (Å²) >= 11 is 0. The Hall–Kier alpha value is -3.55. The molecule has 1 aromatic carbocycles. The van der Waals surface area contributed by atoms with Gasteiger partial charge in [0.1, 0.15) is 12.7 Å². The van der Waals surface area contributed by atoms with Crippen molar-refractivity contribution in [2.24, 2.45) is 7.05 Å². The van der Waals surface area contributed by atoms with Gasteiger partial charge in [0.05, 0.1) is 24.1 Å². The number of carbonyl (C=O) groups is 1. The highest BCUT2D eigenvalue weighted by molar-refractivity contribution is 6.04. The Bertz CT molecular complexity index is 1070. The molecular weight excluding hydrogens is 330 g/mol. The van der Waals surface area contributed by atoms with Gasteiger partial charge in [0, 0.05) is 18.0 Å². The molecule has 1 N–H and O–H groups in total. The summed E-state index contributed by atoms with van der Waals surface area (Å²) in [5.74, 6) is -0.181. The van der Waals surface area contributed by atoms with Crippen molar-refractivity contribution in [2.75, 3.05) is 5.32 Å². The van der Waals surface area contributed by atoms with Crippen LogP contribution in [0.4, 0.5) is 5.69 Å². The van der Waals surface area contributed by atoms with Gasteiger partial charge in [-0.25, -0.2) is 14.6 Å². The molecule has 0 saturated carbocycles. The Labute approximate surface area is 149 Å². The molecule has 0 saturated heterocycles. The number of aryl methyl sites for hydroxylation is 2. The van der Waals surface area contributed by atoms with Gasteiger partial charge in [-0.2, -0.15) is 10.2 Å². The van der Waals surface area contributed by atoms with E-state index in [-0.39, 0.29) is 5.91 Å². The first kappa shape index (κ1) is 15.9. The van der Waals surface area contributed by atoms with Crippen LogP contribution in [0.25, 0.3) is 11.0 Å². The standard InChI is InChI=1S/C18H17N7O/c1-12-16-7-15(8-20-17(16)24(2)23-12)22-18(26)14-5-3-13(4-6-14)9-25-11-19-10-21-25/h3-8,10-11H,9H2,1-2H3,(H,22,26). The van der Waals surface area contributed by atoms with E-state index < -0.39 is 0 Å². The summed E-state index contributed by atoms with van der Waals surface area (Å²) in [6, 6.07) is 9.29. The number of nitrogens with one attached hydrogen (secondary N) is 1. The zero-order valence-electron chi connectivity index (χ0n) is 14.4. The largest absolute Gasteiger partial charge is 0.321 e. The molecule has 0 radical (unpaired) electrons. The maximum absolute atomic E-state index is 12.5. The summed E-state index contributed by atoms with van der Waals surface area (Å²) in [4.78, 5) is 20.8. The topological polar surface area (TPSA) is 90.5 Å². The van der Waals surface area contributed by atoms with E-state index in [1.165, 1.54) is 6.33 Å². The van der Waals surface area contributed by atoms with Crippen molar-refractivity contribution in [2.45, 2.75) is 13.5 Å². The highest BCUT2D eigenvalue weighted by atomic mass is 16.1. The lowest BCUT2D eigenvalue weighted by Gasteiger charge is -2.07. The summed E-state index contributed by atoms with van der Waals surface area (Å²) in [6.45, 7) is 2.53. The minimum atomic E-state index is -0.181. The first-order chi connectivity index (χ1) is 12.6. The summed E-state index contributed by atoms with van der Waals surface area (Å²) in [6.07, 6.45) is 4.79. The van der Waals surface area contributed by atoms with E-state index in [4.69, 9.17) is 0 Å². The van der Waals surface area contributed by atoms with Crippen LogP contribution >= 0.6 is 0 Å². The van der Waals surface area contributed by atoms with Crippen LogP contribution in [-0.4, -0.2) is 35.4 Å². The van der Waals surface area contributed by atoms with E-state index >= 15 is 0 Å². The number of nitrogens with zero attached hydrogens (tertiary/aromatic N) is 6. The van der Waals surface area contributed by atoms with E-state index in [0.29, 0.717) is 17.8 Å². The molecule has 0 atom stereocenters. The molecule has 4 rings (SSSR count). The summed E-state index contributed by atoms with van der Waals surface area (Å²) in [5.41, 5.74) is 3.93. The minimum absolute atomic E-state index is 0.181. The third-order valence-electron chi connectivity index (χ3n) is 4.15. The lowest BCUT2D eigenvalue weighted by molar-refractivity contribution is 0.102. The number of benzene rings is 1. The van der Waals surface area contributed by atoms with Gasteiger partial charge in [0.2, 0.25) is 0 Å². The van der Waals surface area contributed by atoms with Crippen LogP contribution in [-0.2, 0) is 13.6 Å². The average molecular weight is 347 g/mol. The number of hydrogen-bond acceptors (Lipinski definition) is 5. The number of hydrogen-bond donors (Lipinski definition) is 1. The SMILES string of the molecule is Cc1nn(C)c2ncc(NC(=O)c3ccc(Cn4cncn4)cc3)cc12. The van der Waals surface area contributed by atoms with Crippen molar-refractivity contribution in [1.82, 2.24) is 29.5 Å². The maximum atomic E-state index is 12.5. The Morgan fingerprint density at radius 1 is 1.23 bits per heavy atom. The second-order valence-electron chi connectivity index (χ2n) is 6.05. The molecule has 8 nitrogen and oxygen atoms in total. The molecule has 0 aliphatic carbocycles. The smallest absolute Gasteiger partial charge is 0.255 e. The van der Waals surface area contributed by atoms with E-state index in [1.54, 1.807) is 34.0 Å². The predicted octanol–water partition coefficient (Wildman–Crippen LogP) is 2.17. The van der Waals surface area contributed by atoms with Crippen molar-refractivity contribution in [3.63, 3.8) is 0 Å². The van der Waals surface area contributed by atoms with Crippen molar-refractivity contribution in [1.29, 1.82) is 0 Å². The quantitative estimate of drug-likeness (QED) is 0.611. The van der Waals surface area contributed by atoms with Gasteiger partial charge < -0.3 is 5.32 Å². The number of anilines is 1. The second kappa shape index (κ2) is 6.40. The van der Waals surface area contributed by atoms with Gasteiger partial charge in [0.15, 0.2) is 5.65 Å². The fourth-order valence-corrected chi connectivity index (χ4v) is 2.84. The number of amides is 1. The van der Waals surface area contributed by atoms with Crippen molar-refractivity contribution in [3.05, 3.63) is 66.0 Å². The Morgan fingerprint density at radius 3 is 2.77 bits per heavy atom. The van der Waals surface area contributed by atoms with Crippen LogP contribution in [0.5, 0.6) is 0 Å². The molecular formula is C18H17N7O. The highest BCUT2D eigenvalue weighted by Crippen LogP contribution is 2.19. The first-order valence-corrected chi connectivity index (χ1v) is 8.12. The van der Waals surface area contributed by atoms with Gasteiger partial charge in [-0.05, 0) is 30.7 Å². The fourth-order valence-electron chi connectivity index (χ4n) is 2.84. The molecule has 130 valence electrons. The van der Waals surface area contributed by atoms with Crippen molar-refractivity contribution >= 4 is 22.6 Å². The van der Waals surface area contributed by atoms with Crippen molar-refractivity contribution < 1.29 is 4.79 Å². The van der Waals surface area contributed by atoms with Crippen LogP contribution in [0.1, 0.15) is 21.6 Å². The Kier molecular flexibility index (Phi) is 3.92. The van der Waals surface area contributed by atoms with E-state index in [2.05, 4.69) is 25.5 Å². The molecule has 0 aliphatic rings. The number of pyridine rings is 1. The van der Waals surface area contributed by atoms with Gasteiger partial charge in [-0.15, -0.1) is 0 Å². The van der Waals surface area contributed by atoms with Gasteiger partial charge in [-0.1, -0.05) is 12.1 Å². The Morgan fingerprint density at radius 2 is 2.04 bits per heavy atom. The molecule has 26 heavy (non-hydrogen) atoms. The van der Waals surface area contributed by atoms with Gasteiger partial charge in [-0.3, -0.25) is 9.48 Å². The molecule has 0 spiro atoms. The lowest BCUT2D eigenvalue weighted by atomic mass is 10.1. The average Bonchev–Trinajstić information content (AvgIpc) is 3.24. The molecule has 4 aromatic rings. The lowest BCUT2D eigenvalue weighted by Crippen LogP contribution is -2.12. The molecule has 3 aromatic heterocycles. The number of carbonyl (C=O) groups excluding carboxylic acids is 1. The third kappa shape index (κ3) is 3.04. The molecule has 0 aliphatic heterocycles. The summed E-state index contributed by atoms with van der Waals surface area (Å²) in [5, 5.41) is 12.2. The van der Waals surface area contributed by atoms with Crippen LogP contribution in [0.3, 0.4) is 0 Å². The number of fused-ring (bicyclic) bond motifs is 1. The molecule has 0 fully saturated rings. The minimum Gasteiger partial charge on any atom is -0.321 e. The monoisotopic (exact) mass is 347 g/mol. The zero-order chi connectivity index (χ0) is 18.1. The molecule has 3 heterocycles. The van der Waals surface area contributed by atoms with E-state index in [1.807, 2.05) is 32.2 Å². The highest BCUT2D eigenvalue weighted by Gasteiger charge is 2.10. The molecule has 1 amide bonds. The van der Waals surface area contributed by atoms with Crippen LogP contribution < -0.4 is 5.32 Å². The van der Waals surface area contributed by atoms with Crippen LogP contribution in [0.15, 0.2) is 49.2 Å². The molecule has 0 unspecified atom stereocenters. The summed E-state index contributed by atoms with van der Waals surface area (Å²) < 4.78 is 3.45. The second-order valence-corrected chi connectivity index (χ2v) is 6.05. The van der Waals surface area contributed by atoms with Crippen LogP contribution in [0.2, 0.25) is 0 Å². The van der Waals surface area contributed by atoms with E-state index in [9.17, 15) is 4.79 Å². The molecule has 8 heteroatoms. The Balaban J connectivity index is 1.50. The van der Waals surface area contributed by atoms with Crippen LogP contribution in [0, 0.1) is 6.92 Å². The maximum Gasteiger partial charge on any atom is 0.255 e. The van der Waals surface area contributed by atoms with Gasteiger partial charge >= 0.3 is 0 Å². The summed E-state index contributed by atoms with van der Waals surface area (Å²) in [7, 11) is 1.85. The normalized spacial score (nSPS) is 11.0. The molecule has 0 bridgehead atoms. The third-order valence-corrected chi connectivity index (χ3v) is 4.15. The number of rotatable bonds is 4. The van der Waals surface area contributed by atoms with Gasteiger partial charge in [0.25, 0.3) is 5.91 Å². The predicted molar refractivity (Wildman–Crippen MR) is 96.8 cm³/mol. The number of aromatic nitrogens is 6. The fraction of sp³-hybridized carbons (Fsp3) is 0.167. The zero-order valence-corrected chi connectivity index (χ0v) is 14.4. The van der Waals surface area contributed by atoms with Crippen molar-refractivity contribution in [3.8, 4) is 0 Å². The van der Waals surface area contributed by atoms with E-state index in [0.717, 1.165) is 22.3 Å². The first-order valence-electron chi connectivity index (χ1n) is 8.12.